The highest BCUT2D eigenvalue weighted by molar-refractivity contribution is 5.42. The Morgan fingerprint density at radius 2 is 2.12 bits per heavy atom. The molecule has 0 radical (unpaired) electrons. The lowest BCUT2D eigenvalue weighted by Crippen LogP contribution is -1.99. The summed E-state index contributed by atoms with van der Waals surface area (Å²) in [6.07, 6.45) is 7.78. The van der Waals surface area contributed by atoms with Gasteiger partial charge in [0, 0.05) is 6.42 Å². The Morgan fingerprint density at radius 1 is 1.31 bits per heavy atom. The minimum absolute atomic E-state index is 0.631. The van der Waals surface area contributed by atoms with Crippen LogP contribution in [-0.2, 0) is 6.42 Å². The van der Waals surface area contributed by atoms with Crippen molar-refractivity contribution < 1.29 is 9.47 Å². The van der Waals surface area contributed by atoms with Gasteiger partial charge in [-0.25, -0.2) is 0 Å². The summed E-state index contributed by atoms with van der Waals surface area (Å²) in [5.74, 6) is 4.17. The van der Waals surface area contributed by atoms with Gasteiger partial charge >= 0.3 is 0 Å². The van der Waals surface area contributed by atoms with Crippen LogP contribution in [0.5, 0.6) is 11.5 Å². The van der Waals surface area contributed by atoms with E-state index in [2.05, 4.69) is 18.9 Å². The molecular formula is C14H18O2. The number of aryl methyl sites for hydroxylation is 1. The van der Waals surface area contributed by atoms with Crippen LogP contribution in [0.4, 0.5) is 0 Å². The first kappa shape index (κ1) is 12.4. The van der Waals surface area contributed by atoms with Crippen LogP contribution in [-0.4, -0.2) is 13.7 Å². The third-order valence-electron chi connectivity index (χ3n) is 2.36. The molecule has 1 aromatic carbocycles. The maximum Gasteiger partial charge on any atom is 0.161 e. The summed E-state index contributed by atoms with van der Waals surface area (Å²) in [5.41, 5.74) is 1.24. The Hall–Kier alpha value is -1.62. The molecule has 0 saturated carbocycles. The maximum absolute atomic E-state index is 5.61. The van der Waals surface area contributed by atoms with Gasteiger partial charge in [0.15, 0.2) is 11.5 Å². The van der Waals surface area contributed by atoms with Crippen molar-refractivity contribution in [2.45, 2.75) is 26.2 Å². The van der Waals surface area contributed by atoms with E-state index in [4.69, 9.17) is 15.9 Å². The zero-order chi connectivity index (χ0) is 11.8. The number of hydrogen-bond donors (Lipinski definition) is 0. The molecule has 2 nitrogen and oxygen atoms in total. The molecule has 0 spiro atoms. The fourth-order valence-electron chi connectivity index (χ4n) is 1.41. The van der Waals surface area contributed by atoms with E-state index in [1.54, 1.807) is 7.11 Å². The summed E-state index contributed by atoms with van der Waals surface area (Å²) in [6.45, 7) is 2.74. The smallest absolute Gasteiger partial charge is 0.161 e. The Balaban J connectivity index is 2.61. The molecule has 0 bridgehead atoms. The second-order valence-electron chi connectivity index (χ2n) is 3.49. The summed E-state index contributed by atoms with van der Waals surface area (Å²) < 4.78 is 10.9. The lowest BCUT2D eigenvalue weighted by molar-refractivity contribution is 0.291. The SMILES string of the molecule is C#CCCCOc1ccc(CC)cc1OC. The second kappa shape index (κ2) is 6.79. The van der Waals surface area contributed by atoms with E-state index >= 15 is 0 Å². The first-order valence-corrected chi connectivity index (χ1v) is 5.55. The molecule has 86 valence electrons. The van der Waals surface area contributed by atoms with Gasteiger partial charge in [0.05, 0.1) is 13.7 Å². The zero-order valence-electron chi connectivity index (χ0n) is 9.95. The number of ether oxygens (including phenoxy) is 2. The molecule has 0 amide bonds. The van der Waals surface area contributed by atoms with E-state index in [9.17, 15) is 0 Å². The van der Waals surface area contributed by atoms with Gasteiger partial charge < -0.3 is 9.47 Å². The number of unbranched alkanes of at least 4 members (excludes halogenated alkanes) is 1. The lowest BCUT2D eigenvalue weighted by atomic mass is 10.1. The highest BCUT2D eigenvalue weighted by Crippen LogP contribution is 2.28. The van der Waals surface area contributed by atoms with E-state index in [0.717, 1.165) is 30.8 Å². The summed E-state index contributed by atoms with van der Waals surface area (Å²) >= 11 is 0. The predicted molar refractivity (Wildman–Crippen MR) is 65.9 cm³/mol. The fourth-order valence-corrected chi connectivity index (χ4v) is 1.41. The molecule has 0 heterocycles. The van der Waals surface area contributed by atoms with Crippen molar-refractivity contribution >= 4 is 0 Å². The Labute approximate surface area is 97.6 Å². The van der Waals surface area contributed by atoms with Crippen molar-refractivity contribution in [3.05, 3.63) is 23.8 Å². The molecule has 0 aromatic heterocycles. The van der Waals surface area contributed by atoms with Crippen LogP contribution < -0.4 is 9.47 Å². The van der Waals surface area contributed by atoms with Gasteiger partial charge in [-0.1, -0.05) is 13.0 Å². The number of methoxy groups -OCH3 is 1. The molecule has 16 heavy (non-hydrogen) atoms. The van der Waals surface area contributed by atoms with Crippen LogP contribution in [0.25, 0.3) is 0 Å². The minimum Gasteiger partial charge on any atom is -0.493 e. The average molecular weight is 218 g/mol. The number of rotatable bonds is 6. The molecular weight excluding hydrogens is 200 g/mol. The molecule has 0 N–H and O–H groups in total. The average Bonchev–Trinajstić information content (AvgIpc) is 2.34. The maximum atomic E-state index is 5.61. The van der Waals surface area contributed by atoms with Crippen LogP contribution >= 0.6 is 0 Å². The molecule has 0 fully saturated rings. The van der Waals surface area contributed by atoms with E-state index < -0.39 is 0 Å². The van der Waals surface area contributed by atoms with Crippen molar-refractivity contribution in [1.29, 1.82) is 0 Å². The first-order valence-electron chi connectivity index (χ1n) is 5.55. The normalized spacial score (nSPS) is 9.56. The molecule has 0 saturated heterocycles. The zero-order valence-corrected chi connectivity index (χ0v) is 9.95. The van der Waals surface area contributed by atoms with E-state index in [-0.39, 0.29) is 0 Å². The number of benzene rings is 1. The van der Waals surface area contributed by atoms with Crippen LogP contribution in [0.3, 0.4) is 0 Å². The molecule has 0 atom stereocenters. The van der Waals surface area contributed by atoms with E-state index in [1.165, 1.54) is 5.56 Å². The van der Waals surface area contributed by atoms with Gasteiger partial charge in [-0.3, -0.25) is 0 Å². The summed E-state index contributed by atoms with van der Waals surface area (Å²) in [4.78, 5) is 0. The minimum atomic E-state index is 0.631. The van der Waals surface area contributed by atoms with Crippen LogP contribution in [0, 0.1) is 12.3 Å². The summed E-state index contributed by atoms with van der Waals surface area (Å²) in [5, 5.41) is 0. The molecule has 0 aliphatic rings. The third-order valence-corrected chi connectivity index (χ3v) is 2.36. The Morgan fingerprint density at radius 3 is 2.75 bits per heavy atom. The summed E-state index contributed by atoms with van der Waals surface area (Å²) in [6, 6.07) is 6.02. The third kappa shape index (κ3) is 3.51. The predicted octanol–water partition coefficient (Wildman–Crippen LogP) is 3.05. The number of terminal acetylenes is 1. The fraction of sp³-hybridized carbons (Fsp3) is 0.429. The molecule has 0 aliphatic carbocycles. The first-order chi connectivity index (χ1) is 7.81. The Kier molecular flexibility index (Phi) is 5.28. The van der Waals surface area contributed by atoms with Gasteiger partial charge in [0.25, 0.3) is 0 Å². The van der Waals surface area contributed by atoms with Gasteiger partial charge in [-0.15, -0.1) is 12.3 Å². The highest BCUT2D eigenvalue weighted by Gasteiger charge is 2.04. The van der Waals surface area contributed by atoms with Crippen molar-refractivity contribution in [3.8, 4) is 23.8 Å². The summed E-state index contributed by atoms with van der Waals surface area (Å²) in [7, 11) is 1.66. The van der Waals surface area contributed by atoms with Crippen molar-refractivity contribution in [2.24, 2.45) is 0 Å². The van der Waals surface area contributed by atoms with Crippen LogP contribution in [0.15, 0.2) is 18.2 Å². The largest absolute Gasteiger partial charge is 0.493 e. The van der Waals surface area contributed by atoms with Crippen molar-refractivity contribution in [3.63, 3.8) is 0 Å². The standard InChI is InChI=1S/C14H18O2/c1-4-6-7-10-16-13-9-8-12(5-2)11-14(13)15-3/h1,8-9,11H,5-7,10H2,2-3H3. The highest BCUT2D eigenvalue weighted by atomic mass is 16.5. The second-order valence-corrected chi connectivity index (χ2v) is 3.49. The van der Waals surface area contributed by atoms with Gasteiger partial charge in [0.1, 0.15) is 0 Å². The van der Waals surface area contributed by atoms with Gasteiger partial charge in [0.2, 0.25) is 0 Å². The Bertz CT molecular complexity index is 363. The van der Waals surface area contributed by atoms with Crippen LogP contribution in [0.1, 0.15) is 25.3 Å². The lowest BCUT2D eigenvalue weighted by Gasteiger charge is -2.11. The molecule has 0 unspecified atom stereocenters. The van der Waals surface area contributed by atoms with Crippen molar-refractivity contribution in [1.82, 2.24) is 0 Å². The number of hydrogen-bond acceptors (Lipinski definition) is 2. The molecule has 1 aromatic rings. The van der Waals surface area contributed by atoms with Crippen molar-refractivity contribution in [2.75, 3.05) is 13.7 Å². The molecule has 1 rings (SSSR count). The molecule has 2 heteroatoms. The van der Waals surface area contributed by atoms with Gasteiger partial charge in [-0.2, -0.15) is 0 Å². The molecule has 0 aliphatic heterocycles. The van der Waals surface area contributed by atoms with E-state index in [0.29, 0.717) is 6.61 Å². The van der Waals surface area contributed by atoms with E-state index in [1.807, 2.05) is 12.1 Å². The monoisotopic (exact) mass is 218 g/mol. The van der Waals surface area contributed by atoms with Crippen LogP contribution in [0.2, 0.25) is 0 Å². The van der Waals surface area contributed by atoms with Gasteiger partial charge in [-0.05, 0) is 30.5 Å². The quantitative estimate of drug-likeness (QED) is 0.539. The topological polar surface area (TPSA) is 18.5 Å².